The number of halogens is 2. The van der Waals surface area contributed by atoms with Crippen LogP contribution in [0.25, 0.3) is 0 Å². The molecule has 2 N–H and O–H groups in total. The number of likely N-dealkylation sites (tertiary alicyclic amines) is 1. The molecule has 1 aliphatic rings. The number of aromatic nitrogens is 1. The molecule has 0 aliphatic carbocycles. The topological polar surface area (TPSA) is 42.1 Å². The Hall–Kier alpha value is -0.350. The fourth-order valence-corrected chi connectivity index (χ4v) is 1.88. The number of pyridine rings is 1. The van der Waals surface area contributed by atoms with Crippen molar-refractivity contribution >= 4 is 24.0 Å². The van der Waals surface area contributed by atoms with Gasteiger partial charge in [-0.1, -0.05) is 17.7 Å². The Morgan fingerprint density at radius 1 is 1.53 bits per heavy atom. The molecule has 1 atom stereocenters. The van der Waals surface area contributed by atoms with Crippen molar-refractivity contribution in [2.24, 2.45) is 5.73 Å². The molecular weight excluding hydrogens is 233 g/mol. The Morgan fingerprint density at radius 2 is 2.33 bits per heavy atom. The van der Waals surface area contributed by atoms with Gasteiger partial charge in [0.25, 0.3) is 0 Å². The SMILES string of the molecule is Cl.N[C@@H]1CCN(Cc2ccc(Cl)nc2)C1. The van der Waals surface area contributed by atoms with Gasteiger partial charge in [0.05, 0.1) is 0 Å². The van der Waals surface area contributed by atoms with Gasteiger partial charge in [0, 0.05) is 31.9 Å². The second-order valence-corrected chi connectivity index (χ2v) is 4.16. The lowest BCUT2D eigenvalue weighted by Gasteiger charge is -2.14. The van der Waals surface area contributed by atoms with E-state index in [1.165, 1.54) is 5.56 Å². The number of rotatable bonds is 2. The van der Waals surface area contributed by atoms with Crippen molar-refractivity contribution in [1.82, 2.24) is 9.88 Å². The van der Waals surface area contributed by atoms with Crippen LogP contribution >= 0.6 is 24.0 Å². The first-order valence-corrected chi connectivity index (χ1v) is 5.20. The molecule has 1 aliphatic heterocycles. The molecule has 0 saturated carbocycles. The zero-order valence-corrected chi connectivity index (χ0v) is 9.97. The number of nitrogens with two attached hydrogens (primary N) is 1. The van der Waals surface area contributed by atoms with E-state index in [9.17, 15) is 0 Å². The summed E-state index contributed by atoms with van der Waals surface area (Å²) >= 11 is 5.71. The van der Waals surface area contributed by atoms with E-state index in [0.717, 1.165) is 26.1 Å². The van der Waals surface area contributed by atoms with Gasteiger partial charge in [-0.2, -0.15) is 0 Å². The molecule has 84 valence electrons. The summed E-state index contributed by atoms with van der Waals surface area (Å²) in [5.74, 6) is 0. The second kappa shape index (κ2) is 5.66. The Bertz CT molecular complexity index is 302. The number of hydrogen-bond donors (Lipinski definition) is 1. The molecule has 1 fully saturated rings. The van der Waals surface area contributed by atoms with Crippen LogP contribution in [0.3, 0.4) is 0 Å². The third kappa shape index (κ3) is 3.61. The van der Waals surface area contributed by atoms with Crippen LogP contribution in [-0.2, 0) is 6.54 Å². The van der Waals surface area contributed by atoms with Crippen LogP contribution in [0.5, 0.6) is 0 Å². The quantitative estimate of drug-likeness (QED) is 0.810. The van der Waals surface area contributed by atoms with Crippen LogP contribution in [0.4, 0.5) is 0 Å². The van der Waals surface area contributed by atoms with Gasteiger partial charge in [-0.3, -0.25) is 4.90 Å². The van der Waals surface area contributed by atoms with Crippen LogP contribution in [0.1, 0.15) is 12.0 Å². The van der Waals surface area contributed by atoms with Crippen LogP contribution in [-0.4, -0.2) is 29.0 Å². The van der Waals surface area contributed by atoms with Gasteiger partial charge >= 0.3 is 0 Å². The predicted octanol–water partition coefficient (Wildman–Crippen LogP) is 1.69. The summed E-state index contributed by atoms with van der Waals surface area (Å²) < 4.78 is 0. The molecule has 1 aromatic heterocycles. The monoisotopic (exact) mass is 247 g/mol. The zero-order valence-electron chi connectivity index (χ0n) is 8.40. The number of hydrogen-bond acceptors (Lipinski definition) is 3. The average molecular weight is 248 g/mol. The third-order valence-corrected chi connectivity index (χ3v) is 2.73. The summed E-state index contributed by atoms with van der Waals surface area (Å²) in [5.41, 5.74) is 7.02. The normalized spacial score (nSPS) is 21.3. The molecule has 5 heteroatoms. The molecule has 15 heavy (non-hydrogen) atoms. The highest BCUT2D eigenvalue weighted by Gasteiger charge is 2.18. The maximum absolute atomic E-state index is 5.82. The minimum Gasteiger partial charge on any atom is -0.326 e. The Labute approximate surface area is 101 Å². The lowest BCUT2D eigenvalue weighted by molar-refractivity contribution is 0.326. The largest absolute Gasteiger partial charge is 0.326 e. The van der Waals surface area contributed by atoms with Crippen molar-refractivity contribution in [3.8, 4) is 0 Å². The highest BCUT2D eigenvalue weighted by Crippen LogP contribution is 2.12. The molecule has 0 spiro atoms. The van der Waals surface area contributed by atoms with E-state index < -0.39 is 0 Å². The minimum absolute atomic E-state index is 0. The first-order valence-electron chi connectivity index (χ1n) is 4.82. The molecular formula is C10H15Cl2N3. The molecule has 2 heterocycles. The smallest absolute Gasteiger partial charge is 0.129 e. The lowest BCUT2D eigenvalue weighted by Crippen LogP contribution is -2.26. The van der Waals surface area contributed by atoms with Gasteiger partial charge in [-0.05, 0) is 18.1 Å². The fourth-order valence-electron chi connectivity index (χ4n) is 1.76. The third-order valence-electron chi connectivity index (χ3n) is 2.50. The van der Waals surface area contributed by atoms with Crippen LogP contribution in [0.2, 0.25) is 5.15 Å². The molecule has 0 unspecified atom stereocenters. The van der Waals surface area contributed by atoms with Crippen molar-refractivity contribution in [2.75, 3.05) is 13.1 Å². The lowest BCUT2D eigenvalue weighted by atomic mass is 10.3. The van der Waals surface area contributed by atoms with Crippen molar-refractivity contribution in [2.45, 2.75) is 19.0 Å². The van der Waals surface area contributed by atoms with Crippen LogP contribution in [0.15, 0.2) is 18.3 Å². The molecule has 0 aromatic carbocycles. The first kappa shape index (κ1) is 12.7. The van der Waals surface area contributed by atoms with Gasteiger partial charge in [0.2, 0.25) is 0 Å². The maximum Gasteiger partial charge on any atom is 0.129 e. The van der Waals surface area contributed by atoms with E-state index in [-0.39, 0.29) is 12.4 Å². The summed E-state index contributed by atoms with van der Waals surface area (Å²) in [4.78, 5) is 6.39. The van der Waals surface area contributed by atoms with Crippen molar-refractivity contribution in [1.29, 1.82) is 0 Å². The summed E-state index contributed by atoms with van der Waals surface area (Å²) in [6.45, 7) is 3.00. The highest BCUT2D eigenvalue weighted by molar-refractivity contribution is 6.29. The Morgan fingerprint density at radius 3 is 2.87 bits per heavy atom. The maximum atomic E-state index is 5.82. The van der Waals surface area contributed by atoms with Gasteiger partial charge in [0.15, 0.2) is 0 Å². The van der Waals surface area contributed by atoms with E-state index in [2.05, 4.69) is 9.88 Å². The molecule has 3 nitrogen and oxygen atoms in total. The molecule has 2 rings (SSSR count). The predicted molar refractivity (Wildman–Crippen MR) is 64.4 cm³/mol. The van der Waals surface area contributed by atoms with Gasteiger partial charge < -0.3 is 5.73 Å². The van der Waals surface area contributed by atoms with Crippen LogP contribution in [0, 0.1) is 0 Å². The first-order chi connectivity index (χ1) is 6.74. The van der Waals surface area contributed by atoms with E-state index in [1.54, 1.807) is 0 Å². The summed E-state index contributed by atoms with van der Waals surface area (Å²) in [6.07, 6.45) is 2.92. The van der Waals surface area contributed by atoms with E-state index in [0.29, 0.717) is 11.2 Å². The van der Waals surface area contributed by atoms with Gasteiger partial charge in [-0.15, -0.1) is 12.4 Å². The van der Waals surface area contributed by atoms with Crippen molar-refractivity contribution in [3.63, 3.8) is 0 Å². The van der Waals surface area contributed by atoms with Crippen molar-refractivity contribution in [3.05, 3.63) is 29.0 Å². The Balaban J connectivity index is 0.00000112. The molecule has 0 radical (unpaired) electrons. The molecule has 0 bridgehead atoms. The van der Waals surface area contributed by atoms with E-state index in [4.69, 9.17) is 17.3 Å². The molecule has 0 amide bonds. The fraction of sp³-hybridized carbons (Fsp3) is 0.500. The van der Waals surface area contributed by atoms with Crippen molar-refractivity contribution < 1.29 is 0 Å². The van der Waals surface area contributed by atoms with Gasteiger partial charge in [-0.25, -0.2) is 4.98 Å². The standard InChI is InChI=1S/C10H14ClN3.ClH/c11-10-2-1-8(5-13-10)6-14-4-3-9(12)7-14;/h1-2,5,9H,3-4,6-7,12H2;1H/t9-;/m1./s1. The Kier molecular flexibility index (Phi) is 4.80. The minimum atomic E-state index is 0. The van der Waals surface area contributed by atoms with E-state index in [1.807, 2.05) is 18.3 Å². The van der Waals surface area contributed by atoms with Gasteiger partial charge in [0.1, 0.15) is 5.15 Å². The summed E-state index contributed by atoms with van der Waals surface area (Å²) in [5, 5.41) is 0.548. The number of nitrogens with zero attached hydrogens (tertiary/aromatic N) is 2. The highest BCUT2D eigenvalue weighted by atomic mass is 35.5. The molecule has 1 saturated heterocycles. The summed E-state index contributed by atoms with van der Waals surface area (Å²) in [7, 11) is 0. The summed E-state index contributed by atoms with van der Waals surface area (Å²) in [6, 6.07) is 4.18. The van der Waals surface area contributed by atoms with Crippen LogP contribution < -0.4 is 5.73 Å². The van der Waals surface area contributed by atoms with E-state index >= 15 is 0 Å². The zero-order chi connectivity index (χ0) is 9.97. The second-order valence-electron chi connectivity index (χ2n) is 3.77. The average Bonchev–Trinajstić information content (AvgIpc) is 2.56. The molecule has 1 aromatic rings.